The van der Waals surface area contributed by atoms with Crippen LogP contribution < -0.4 is 14.2 Å². The minimum absolute atomic E-state index is 0.0934. The van der Waals surface area contributed by atoms with Gasteiger partial charge in [-0.1, -0.05) is 18.2 Å². The van der Waals surface area contributed by atoms with Crippen molar-refractivity contribution >= 4 is 0 Å². The molecule has 0 fully saturated rings. The smallest absolute Gasteiger partial charge is 0.160 e. The number of rotatable bonds is 11. The van der Waals surface area contributed by atoms with Crippen LogP contribution in [0.1, 0.15) is 33.4 Å². The van der Waals surface area contributed by atoms with Crippen molar-refractivity contribution < 1.29 is 34.6 Å². The number of hydrogen-bond acceptors (Lipinski definition) is 7. The maximum atomic E-state index is 11.1. The number of benzene rings is 4. The summed E-state index contributed by atoms with van der Waals surface area (Å²) >= 11 is 0. The van der Waals surface area contributed by atoms with E-state index < -0.39 is 0 Å². The molecule has 0 unspecified atom stereocenters. The lowest BCUT2D eigenvalue weighted by molar-refractivity contribution is 0.373. The fourth-order valence-corrected chi connectivity index (χ4v) is 4.82. The number of aryl methyl sites for hydroxylation is 4. The van der Waals surface area contributed by atoms with Crippen LogP contribution in [0.5, 0.6) is 40.2 Å². The van der Waals surface area contributed by atoms with Crippen molar-refractivity contribution in [2.75, 3.05) is 21.3 Å². The van der Waals surface area contributed by atoms with Gasteiger partial charge in [-0.3, -0.25) is 0 Å². The Bertz CT molecular complexity index is 1450. The number of phenols is 4. The number of phenolic OH excluding ortho intramolecular Hbond substituents is 4. The predicted molar refractivity (Wildman–Crippen MR) is 150 cm³/mol. The van der Waals surface area contributed by atoms with E-state index in [9.17, 15) is 20.4 Å². The Labute approximate surface area is 228 Å². The van der Waals surface area contributed by atoms with Crippen LogP contribution in [0.3, 0.4) is 0 Å². The standard InChI is InChI=1S/C32H34O7/c1-37-30-16-22(8-7-21-10-12-28(35)32(15-21)39-3)14-29(36)27(30)19-26-23(17-25(34)18-31(26)38-2)11-9-20-5-4-6-24(33)13-20/h4-6,10,12-18,33-36H,7-9,11,19H2,1-3H3. The van der Waals surface area contributed by atoms with Gasteiger partial charge in [0.25, 0.3) is 0 Å². The Morgan fingerprint density at radius 3 is 1.87 bits per heavy atom. The molecule has 4 N–H and O–H groups in total. The van der Waals surface area contributed by atoms with Gasteiger partial charge < -0.3 is 34.6 Å². The van der Waals surface area contributed by atoms with Gasteiger partial charge in [-0.25, -0.2) is 0 Å². The van der Waals surface area contributed by atoms with Crippen LogP contribution in [-0.2, 0) is 32.1 Å². The molecular weight excluding hydrogens is 496 g/mol. The molecule has 4 aromatic carbocycles. The van der Waals surface area contributed by atoms with Crippen LogP contribution in [0.15, 0.2) is 66.7 Å². The fourth-order valence-electron chi connectivity index (χ4n) is 4.82. The van der Waals surface area contributed by atoms with Crippen molar-refractivity contribution in [3.05, 3.63) is 100 Å². The monoisotopic (exact) mass is 530 g/mol. The quantitative estimate of drug-likeness (QED) is 0.197. The summed E-state index contributed by atoms with van der Waals surface area (Å²) in [7, 11) is 4.64. The highest BCUT2D eigenvalue weighted by molar-refractivity contribution is 5.55. The second-order valence-corrected chi connectivity index (χ2v) is 9.43. The first kappa shape index (κ1) is 27.5. The van der Waals surface area contributed by atoms with E-state index in [0.29, 0.717) is 54.9 Å². The zero-order valence-corrected chi connectivity index (χ0v) is 22.4. The van der Waals surface area contributed by atoms with Gasteiger partial charge in [-0.2, -0.15) is 0 Å². The van der Waals surface area contributed by atoms with Crippen LogP contribution in [0.25, 0.3) is 0 Å². The van der Waals surface area contributed by atoms with Gasteiger partial charge >= 0.3 is 0 Å². The van der Waals surface area contributed by atoms with E-state index in [4.69, 9.17) is 14.2 Å². The van der Waals surface area contributed by atoms with Gasteiger partial charge in [0.05, 0.1) is 21.3 Å². The van der Waals surface area contributed by atoms with Crippen molar-refractivity contribution in [1.29, 1.82) is 0 Å². The second-order valence-electron chi connectivity index (χ2n) is 9.43. The maximum absolute atomic E-state index is 11.1. The molecule has 0 heterocycles. The Kier molecular flexibility index (Phi) is 8.71. The first-order valence-electron chi connectivity index (χ1n) is 12.7. The van der Waals surface area contributed by atoms with E-state index in [1.165, 1.54) is 7.11 Å². The molecule has 204 valence electrons. The summed E-state index contributed by atoms with van der Waals surface area (Å²) in [5.41, 5.74) is 5.21. The lowest BCUT2D eigenvalue weighted by Crippen LogP contribution is -2.04. The van der Waals surface area contributed by atoms with Crippen LogP contribution >= 0.6 is 0 Å². The molecule has 0 radical (unpaired) electrons. The van der Waals surface area contributed by atoms with E-state index in [2.05, 4.69) is 0 Å². The Balaban J connectivity index is 1.60. The van der Waals surface area contributed by atoms with E-state index in [1.807, 2.05) is 18.2 Å². The van der Waals surface area contributed by atoms with Gasteiger partial charge in [-0.15, -0.1) is 0 Å². The molecular formula is C32H34O7. The molecule has 0 saturated carbocycles. The lowest BCUT2D eigenvalue weighted by Gasteiger charge is -2.18. The molecule has 7 nitrogen and oxygen atoms in total. The third kappa shape index (κ3) is 6.68. The SMILES string of the molecule is COc1cc(CCc2cc(O)c(Cc3c(CCc4cccc(O)c4)cc(O)cc3OC)c(OC)c2)ccc1O. The van der Waals surface area contributed by atoms with Crippen molar-refractivity contribution in [2.45, 2.75) is 32.1 Å². The number of hydrogen-bond donors (Lipinski definition) is 4. The largest absolute Gasteiger partial charge is 0.508 e. The zero-order valence-electron chi connectivity index (χ0n) is 22.4. The molecule has 0 aliphatic rings. The summed E-state index contributed by atoms with van der Waals surface area (Å²) in [6, 6.07) is 19.3. The average molecular weight is 531 g/mol. The molecule has 0 bridgehead atoms. The summed E-state index contributed by atoms with van der Waals surface area (Å²) in [4.78, 5) is 0. The van der Waals surface area contributed by atoms with Crippen LogP contribution in [0, 0.1) is 0 Å². The molecule has 39 heavy (non-hydrogen) atoms. The Hall–Kier alpha value is -4.52. The minimum atomic E-state index is 0.0934. The highest BCUT2D eigenvalue weighted by Gasteiger charge is 2.19. The third-order valence-corrected chi connectivity index (χ3v) is 6.86. The van der Waals surface area contributed by atoms with Crippen molar-refractivity contribution in [3.8, 4) is 40.2 Å². The van der Waals surface area contributed by atoms with Gasteiger partial charge in [0, 0.05) is 23.6 Å². The van der Waals surface area contributed by atoms with E-state index >= 15 is 0 Å². The molecule has 4 aromatic rings. The fraction of sp³-hybridized carbons (Fsp3) is 0.250. The normalized spacial score (nSPS) is 10.8. The Morgan fingerprint density at radius 2 is 1.15 bits per heavy atom. The highest BCUT2D eigenvalue weighted by atomic mass is 16.5. The van der Waals surface area contributed by atoms with Crippen LogP contribution in [0.2, 0.25) is 0 Å². The first-order valence-corrected chi connectivity index (χ1v) is 12.7. The number of aromatic hydroxyl groups is 4. The van der Waals surface area contributed by atoms with Crippen LogP contribution in [0.4, 0.5) is 0 Å². The summed E-state index contributed by atoms with van der Waals surface area (Å²) in [5.74, 6) is 2.01. The van der Waals surface area contributed by atoms with Gasteiger partial charge in [0.1, 0.15) is 28.7 Å². The number of methoxy groups -OCH3 is 3. The maximum Gasteiger partial charge on any atom is 0.160 e. The predicted octanol–water partition coefficient (Wildman–Crippen LogP) is 5.70. The zero-order chi connectivity index (χ0) is 27.9. The second kappa shape index (κ2) is 12.3. The van der Waals surface area contributed by atoms with Gasteiger partial charge in [0.15, 0.2) is 11.5 Å². The van der Waals surface area contributed by atoms with Crippen molar-refractivity contribution in [1.82, 2.24) is 0 Å². The molecule has 0 aliphatic carbocycles. The summed E-state index contributed by atoms with van der Waals surface area (Å²) in [5, 5.41) is 41.1. The molecule has 0 aromatic heterocycles. The topological polar surface area (TPSA) is 109 Å². The average Bonchev–Trinajstić information content (AvgIpc) is 2.93. The molecule has 7 heteroatoms. The van der Waals surface area contributed by atoms with Crippen LogP contribution in [-0.4, -0.2) is 41.8 Å². The summed E-state index contributed by atoms with van der Waals surface area (Å²) in [6.45, 7) is 0. The Morgan fingerprint density at radius 1 is 0.513 bits per heavy atom. The highest BCUT2D eigenvalue weighted by Crippen LogP contribution is 2.38. The van der Waals surface area contributed by atoms with Gasteiger partial charge in [0.2, 0.25) is 0 Å². The molecule has 0 amide bonds. The summed E-state index contributed by atoms with van der Waals surface area (Å²) < 4.78 is 16.5. The van der Waals surface area contributed by atoms with E-state index in [-0.39, 0.29) is 23.0 Å². The molecule has 0 aliphatic heterocycles. The summed E-state index contributed by atoms with van der Waals surface area (Å²) in [6.07, 6.45) is 2.92. The molecule has 0 atom stereocenters. The number of ether oxygens (including phenoxy) is 3. The van der Waals surface area contributed by atoms with Crippen molar-refractivity contribution in [3.63, 3.8) is 0 Å². The van der Waals surface area contributed by atoms with E-state index in [0.717, 1.165) is 27.8 Å². The minimum Gasteiger partial charge on any atom is -0.508 e. The lowest BCUT2D eigenvalue weighted by atomic mass is 9.92. The third-order valence-electron chi connectivity index (χ3n) is 6.86. The molecule has 0 spiro atoms. The molecule has 0 saturated heterocycles. The van der Waals surface area contributed by atoms with E-state index in [1.54, 1.807) is 62.8 Å². The van der Waals surface area contributed by atoms with Gasteiger partial charge in [-0.05, 0) is 90.4 Å². The first-order chi connectivity index (χ1) is 18.8. The van der Waals surface area contributed by atoms with Crippen molar-refractivity contribution in [2.24, 2.45) is 0 Å². The molecule has 4 rings (SSSR count).